The number of hydrogen-bond donors (Lipinski definition) is 0. The van der Waals surface area contributed by atoms with E-state index in [0.29, 0.717) is 49.8 Å². The van der Waals surface area contributed by atoms with E-state index in [-0.39, 0.29) is 12.0 Å². The van der Waals surface area contributed by atoms with Crippen LogP contribution in [0.1, 0.15) is 24.2 Å². The quantitative estimate of drug-likeness (QED) is 0.861. The number of nitrogens with zero attached hydrogens (tertiary/aromatic N) is 3. The molecule has 2 heterocycles. The van der Waals surface area contributed by atoms with Crippen molar-refractivity contribution in [3.05, 3.63) is 42.1 Å². The molecule has 1 saturated heterocycles. The predicted molar refractivity (Wildman–Crippen MR) is 95.4 cm³/mol. The normalized spacial score (nSPS) is 14.8. The number of piperazine rings is 1. The van der Waals surface area contributed by atoms with Gasteiger partial charge in [0.15, 0.2) is 0 Å². The number of carbonyl (C=O) groups is 2. The van der Waals surface area contributed by atoms with E-state index in [4.69, 9.17) is 4.74 Å². The lowest BCUT2D eigenvalue weighted by atomic mass is 10.1. The molecule has 0 saturated carbocycles. The van der Waals surface area contributed by atoms with Crippen LogP contribution in [0.4, 0.5) is 4.79 Å². The van der Waals surface area contributed by atoms with E-state index in [1.165, 1.54) is 0 Å². The molecule has 1 aliphatic rings. The summed E-state index contributed by atoms with van der Waals surface area (Å²) in [6.07, 6.45) is 1.40. The molecule has 0 N–H and O–H groups in total. The van der Waals surface area contributed by atoms with Crippen LogP contribution in [0.5, 0.6) is 0 Å². The van der Waals surface area contributed by atoms with Crippen LogP contribution in [0, 0.1) is 5.92 Å². The van der Waals surface area contributed by atoms with Gasteiger partial charge in [0.25, 0.3) is 5.91 Å². The maximum absolute atomic E-state index is 12.9. The number of amides is 2. The molecule has 1 fully saturated rings. The summed E-state index contributed by atoms with van der Waals surface area (Å²) in [7, 11) is 0. The molecule has 6 heteroatoms. The molecule has 6 nitrogen and oxygen atoms in total. The summed E-state index contributed by atoms with van der Waals surface area (Å²) in [5.41, 5.74) is 1.32. The monoisotopic (exact) mass is 341 g/mol. The Morgan fingerprint density at radius 2 is 1.76 bits per heavy atom. The number of para-hydroxylation sites is 1. The molecule has 2 amide bonds. The summed E-state index contributed by atoms with van der Waals surface area (Å²) in [4.78, 5) is 32.7. The number of rotatable bonds is 3. The van der Waals surface area contributed by atoms with Crippen LogP contribution in [0.25, 0.3) is 10.9 Å². The molecule has 0 radical (unpaired) electrons. The topological polar surface area (TPSA) is 62.7 Å². The van der Waals surface area contributed by atoms with Gasteiger partial charge in [-0.1, -0.05) is 32.0 Å². The number of pyridine rings is 1. The Morgan fingerprint density at radius 1 is 1.08 bits per heavy atom. The van der Waals surface area contributed by atoms with Gasteiger partial charge in [-0.25, -0.2) is 4.79 Å². The minimum Gasteiger partial charge on any atom is -0.449 e. The van der Waals surface area contributed by atoms with Gasteiger partial charge in [-0.3, -0.25) is 9.78 Å². The average molecular weight is 341 g/mol. The minimum atomic E-state index is -0.298. The third-order valence-corrected chi connectivity index (χ3v) is 4.23. The third-order valence-electron chi connectivity index (χ3n) is 4.23. The molecule has 1 aliphatic heterocycles. The molecule has 0 atom stereocenters. The van der Waals surface area contributed by atoms with Crippen LogP contribution >= 0.6 is 0 Å². The first-order valence-electron chi connectivity index (χ1n) is 8.61. The van der Waals surface area contributed by atoms with Gasteiger partial charge in [0.1, 0.15) is 0 Å². The highest BCUT2D eigenvalue weighted by atomic mass is 16.6. The fraction of sp³-hybridized carbons (Fsp3) is 0.421. The SMILES string of the molecule is CC(C)COC(=O)N1CCN(C(=O)c2cccc3cccnc23)CC1. The summed E-state index contributed by atoms with van der Waals surface area (Å²) < 4.78 is 5.25. The molecule has 1 aromatic heterocycles. The maximum Gasteiger partial charge on any atom is 0.409 e. The van der Waals surface area contributed by atoms with E-state index in [2.05, 4.69) is 4.98 Å². The van der Waals surface area contributed by atoms with E-state index >= 15 is 0 Å². The van der Waals surface area contributed by atoms with Gasteiger partial charge in [-0.05, 0) is 18.1 Å². The lowest BCUT2D eigenvalue weighted by Gasteiger charge is -2.34. The van der Waals surface area contributed by atoms with Crippen LogP contribution in [-0.2, 0) is 4.74 Å². The Kier molecular flexibility index (Phi) is 5.16. The second kappa shape index (κ2) is 7.51. The van der Waals surface area contributed by atoms with Gasteiger partial charge in [0, 0.05) is 37.8 Å². The molecular formula is C19H23N3O3. The first-order valence-corrected chi connectivity index (χ1v) is 8.61. The molecule has 1 aromatic carbocycles. The zero-order valence-corrected chi connectivity index (χ0v) is 14.6. The van der Waals surface area contributed by atoms with Gasteiger partial charge < -0.3 is 14.5 Å². The van der Waals surface area contributed by atoms with Gasteiger partial charge >= 0.3 is 6.09 Å². The Balaban J connectivity index is 1.64. The standard InChI is InChI=1S/C19H23N3O3/c1-14(2)13-25-19(24)22-11-9-21(10-12-22)18(23)16-7-3-5-15-6-4-8-20-17(15)16/h3-8,14H,9-13H2,1-2H3. The highest BCUT2D eigenvalue weighted by Crippen LogP contribution is 2.18. The van der Waals surface area contributed by atoms with Crippen LogP contribution in [0.15, 0.2) is 36.5 Å². The second-order valence-electron chi connectivity index (χ2n) is 6.63. The minimum absolute atomic E-state index is 0.0421. The lowest BCUT2D eigenvalue weighted by Crippen LogP contribution is -2.50. The number of carbonyl (C=O) groups excluding carboxylic acids is 2. The van der Waals surface area contributed by atoms with E-state index in [0.717, 1.165) is 5.39 Å². The van der Waals surface area contributed by atoms with E-state index in [1.54, 1.807) is 22.1 Å². The van der Waals surface area contributed by atoms with Crippen molar-refractivity contribution >= 4 is 22.9 Å². The zero-order chi connectivity index (χ0) is 17.8. The van der Waals surface area contributed by atoms with Gasteiger partial charge in [0.2, 0.25) is 0 Å². The summed E-state index contributed by atoms with van der Waals surface area (Å²) in [5, 5.41) is 0.948. The van der Waals surface area contributed by atoms with Crippen LogP contribution in [-0.4, -0.2) is 59.6 Å². The van der Waals surface area contributed by atoms with Crippen LogP contribution in [0.3, 0.4) is 0 Å². The van der Waals surface area contributed by atoms with Crippen molar-refractivity contribution in [1.29, 1.82) is 0 Å². The van der Waals surface area contributed by atoms with Crippen molar-refractivity contribution < 1.29 is 14.3 Å². The number of aromatic nitrogens is 1. The Hall–Kier alpha value is -2.63. The van der Waals surface area contributed by atoms with Crippen molar-refractivity contribution in [2.75, 3.05) is 32.8 Å². The van der Waals surface area contributed by atoms with Gasteiger partial charge in [0.05, 0.1) is 17.7 Å². The fourth-order valence-electron chi connectivity index (χ4n) is 2.87. The first-order chi connectivity index (χ1) is 12.1. The van der Waals surface area contributed by atoms with E-state index in [1.807, 2.05) is 38.1 Å². The summed E-state index contributed by atoms with van der Waals surface area (Å²) in [5.74, 6) is 0.269. The average Bonchev–Trinajstić information content (AvgIpc) is 2.65. The second-order valence-corrected chi connectivity index (χ2v) is 6.63. The molecule has 25 heavy (non-hydrogen) atoms. The third kappa shape index (κ3) is 3.90. The van der Waals surface area contributed by atoms with E-state index < -0.39 is 0 Å². The summed E-state index contributed by atoms with van der Waals surface area (Å²) >= 11 is 0. The highest BCUT2D eigenvalue weighted by Gasteiger charge is 2.26. The largest absolute Gasteiger partial charge is 0.449 e. The van der Waals surface area contributed by atoms with Crippen molar-refractivity contribution in [2.45, 2.75) is 13.8 Å². The van der Waals surface area contributed by atoms with Crippen LogP contribution in [0.2, 0.25) is 0 Å². The molecule has 0 spiro atoms. The molecule has 0 aliphatic carbocycles. The zero-order valence-electron chi connectivity index (χ0n) is 14.6. The molecule has 0 bridgehead atoms. The smallest absolute Gasteiger partial charge is 0.409 e. The Morgan fingerprint density at radius 3 is 2.48 bits per heavy atom. The van der Waals surface area contributed by atoms with Gasteiger partial charge in [-0.2, -0.15) is 0 Å². The van der Waals surface area contributed by atoms with Crippen molar-refractivity contribution in [3.63, 3.8) is 0 Å². The Labute approximate surface area is 147 Å². The first kappa shape index (κ1) is 17.2. The molecular weight excluding hydrogens is 318 g/mol. The Bertz CT molecular complexity index is 762. The van der Waals surface area contributed by atoms with E-state index in [9.17, 15) is 9.59 Å². The number of hydrogen-bond acceptors (Lipinski definition) is 4. The number of fused-ring (bicyclic) bond motifs is 1. The molecule has 3 rings (SSSR count). The van der Waals surface area contributed by atoms with Crippen molar-refractivity contribution in [3.8, 4) is 0 Å². The molecule has 2 aromatic rings. The summed E-state index contributed by atoms with van der Waals surface area (Å²) in [6, 6.07) is 9.43. The molecule has 0 unspecified atom stereocenters. The van der Waals surface area contributed by atoms with Crippen molar-refractivity contribution in [2.24, 2.45) is 5.92 Å². The maximum atomic E-state index is 12.9. The van der Waals surface area contributed by atoms with Gasteiger partial charge in [-0.15, -0.1) is 0 Å². The fourth-order valence-corrected chi connectivity index (χ4v) is 2.87. The lowest BCUT2D eigenvalue weighted by molar-refractivity contribution is 0.0536. The predicted octanol–water partition coefficient (Wildman–Crippen LogP) is 2.79. The number of benzene rings is 1. The van der Waals surface area contributed by atoms with Crippen LogP contribution < -0.4 is 0 Å². The number of ether oxygens (including phenoxy) is 1. The van der Waals surface area contributed by atoms with Crippen molar-refractivity contribution in [1.82, 2.24) is 14.8 Å². The highest BCUT2D eigenvalue weighted by molar-refractivity contribution is 6.05. The summed E-state index contributed by atoms with van der Waals surface area (Å²) in [6.45, 7) is 6.39. The molecule has 132 valence electrons.